The maximum absolute atomic E-state index is 13.4. The van der Waals surface area contributed by atoms with Crippen molar-refractivity contribution in [2.75, 3.05) is 31.0 Å². The van der Waals surface area contributed by atoms with Gasteiger partial charge in [0.2, 0.25) is 5.91 Å². The average Bonchev–Trinajstić information content (AvgIpc) is 2.97. The largest absolute Gasteiger partial charge is 0.493 e. The highest BCUT2D eigenvalue weighted by Crippen LogP contribution is 2.38. The zero-order valence-corrected chi connectivity index (χ0v) is 18.5. The number of benzene rings is 2. The smallest absolute Gasteiger partial charge is 0.264 e. The van der Waals surface area contributed by atoms with Crippen LogP contribution in [0.5, 0.6) is 11.5 Å². The summed E-state index contributed by atoms with van der Waals surface area (Å²) in [5.74, 6) is -2.65. The number of imide groups is 1. The summed E-state index contributed by atoms with van der Waals surface area (Å²) in [6.45, 7) is 3.06. The van der Waals surface area contributed by atoms with E-state index in [1.807, 2.05) is 0 Å². The molecule has 0 bridgehead atoms. The monoisotopic (exact) mass is 464 g/mol. The molecule has 3 rings (SSSR count). The van der Waals surface area contributed by atoms with Crippen molar-refractivity contribution < 1.29 is 36.4 Å². The van der Waals surface area contributed by atoms with E-state index in [0.29, 0.717) is 0 Å². The normalized spacial score (nSPS) is 16.0. The van der Waals surface area contributed by atoms with Gasteiger partial charge in [-0.05, 0) is 36.8 Å². The molecule has 0 fully saturated rings. The van der Waals surface area contributed by atoms with Crippen LogP contribution in [0, 0.1) is 0 Å². The minimum Gasteiger partial charge on any atom is -0.493 e. The third-order valence-electron chi connectivity index (χ3n) is 4.79. The van der Waals surface area contributed by atoms with Crippen LogP contribution in [0.15, 0.2) is 36.4 Å². The van der Waals surface area contributed by atoms with Crippen molar-refractivity contribution in [3.63, 3.8) is 0 Å². The molecule has 32 heavy (non-hydrogen) atoms. The summed E-state index contributed by atoms with van der Waals surface area (Å²) in [7, 11) is -6.48. The number of nitrogens with zero attached hydrogens (tertiary/aromatic N) is 1. The summed E-state index contributed by atoms with van der Waals surface area (Å²) < 4.78 is 57.0. The summed E-state index contributed by atoms with van der Waals surface area (Å²) in [5.41, 5.74) is 0.323. The number of amides is 3. The molecule has 1 heterocycles. The van der Waals surface area contributed by atoms with E-state index in [2.05, 4.69) is 5.32 Å². The Labute approximate surface area is 190 Å². The number of rotatable bonds is 8. The van der Waals surface area contributed by atoms with Gasteiger partial charge in [-0.2, -0.15) is 0 Å². The quantitative estimate of drug-likeness (QED) is 0.471. The summed E-state index contributed by atoms with van der Waals surface area (Å²) in [6.07, 6.45) is 0.969. The summed E-state index contributed by atoms with van der Waals surface area (Å²) in [4.78, 5) is 39.1. The van der Waals surface area contributed by atoms with Crippen molar-refractivity contribution in [3.8, 4) is 11.5 Å². The summed E-state index contributed by atoms with van der Waals surface area (Å²) >= 11 is 0. The van der Waals surface area contributed by atoms with Gasteiger partial charge in [0.25, 0.3) is 11.8 Å². The minimum atomic E-state index is -3.71. The molecule has 1 aliphatic rings. The molecule has 0 saturated carbocycles. The van der Waals surface area contributed by atoms with E-state index in [-0.39, 0.29) is 40.5 Å². The van der Waals surface area contributed by atoms with Gasteiger partial charge >= 0.3 is 0 Å². The first-order valence-corrected chi connectivity index (χ1v) is 11.7. The van der Waals surface area contributed by atoms with Gasteiger partial charge < -0.3 is 14.8 Å². The Bertz CT molecular complexity index is 1290. The molecule has 0 saturated heterocycles. The first-order valence-electron chi connectivity index (χ1n) is 11.1. The fraction of sp³-hybridized carbons (Fsp3) is 0.318. The second-order valence-corrected chi connectivity index (χ2v) is 9.42. The highest BCUT2D eigenvalue weighted by Gasteiger charge is 2.43. The molecule has 9 nitrogen and oxygen atoms in total. The number of nitrogens with one attached hydrogen (secondary N) is 1. The van der Waals surface area contributed by atoms with E-state index in [1.54, 1.807) is 6.92 Å². The van der Waals surface area contributed by atoms with E-state index in [0.717, 1.165) is 11.2 Å². The molecule has 0 spiro atoms. The van der Waals surface area contributed by atoms with Gasteiger partial charge in [0, 0.05) is 13.2 Å². The number of methoxy groups -OCH3 is 1. The van der Waals surface area contributed by atoms with Gasteiger partial charge in [0.1, 0.15) is 9.84 Å². The first kappa shape index (κ1) is 19.3. The predicted molar refractivity (Wildman–Crippen MR) is 118 cm³/mol. The van der Waals surface area contributed by atoms with Crippen LogP contribution in [0.4, 0.5) is 5.69 Å². The van der Waals surface area contributed by atoms with E-state index < -0.39 is 46.4 Å². The molecule has 1 atom stereocenters. The van der Waals surface area contributed by atoms with Crippen LogP contribution in [0.3, 0.4) is 0 Å². The van der Waals surface area contributed by atoms with E-state index in [4.69, 9.17) is 13.6 Å². The third kappa shape index (κ3) is 4.59. The Balaban J connectivity index is 2.12. The van der Waals surface area contributed by atoms with Crippen molar-refractivity contribution >= 4 is 33.2 Å². The van der Waals surface area contributed by atoms with Crippen molar-refractivity contribution in [2.24, 2.45) is 0 Å². The molecule has 2 aromatic rings. The zero-order valence-electron chi connectivity index (χ0n) is 20.7. The molecule has 0 aromatic heterocycles. The first-order chi connectivity index (χ1) is 16.2. The van der Waals surface area contributed by atoms with E-state index in [9.17, 15) is 22.8 Å². The minimum absolute atomic E-state index is 0.00942. The Kier molecular flexibility index (Phi) is 5.42. The van der Waals surface area contributed by atoms with Crippen molar-refractivity contribution in [2.45, 2.75) is 19.9 Å². The number of ether oxygens (including phenoxy) is 2. The second kappa shape index (κ2) is 8.99. The lowest BCUT2D eigenvalue weighted by Crippen LogP contribution is -2.37. The van der Waals surface area contributed by atoms with Crippen molar-refractivity contribution in [3.05, 3.63) is 53.1 Å². The standard InChI is InChI=1S/C22H24N2O7S/c1-5-31-19-11-14(9-10-18(19)30-3)17(12-32(4,28)29)24-21(26)15-7-6-8-16(23-13(2)25)20(15)22(24)27/h6-11,17H,5,12H2,1-4H3,(H,23,25)/t17-/m1/s1/i3+1D3. The number of carbonyl (C=O) groups is 3. The maximum atomic E-state index is 13.4. The number of sulfone groups is 1. The van der Waals surface area contributed by atoms with Crippen LogP contribution in [-0.4, -0.2) is 56.7 Å². The molecule has 2 aromatic carbocycles. The Hall–Kier alpha value is -3.40. The number of hydrogen-bond acceptors (Lipinski definition) is 7. The number of carbonyl (C=O) groups excluding carboxylic acids is 3. The maximum Gasteiger partial charge on any atom is 0.264 e. The van der Waals surface area contributed by atoms with Gasteiger partial charge in [-0.3, -0.25) is 19.3 Å². The summed E-state index contributed by atoms with van der Waals surface area (Å²) in [6, 6.07) is 7.12. The van der Waals surface area contributed by atoms with Crippen LogP contribution in [0.25, 0.3) is 0 Å². The molecule has 1 aliphatic heterocycles. The lowest BCUT2D eigenvalue weighted by molar-refractivity contribution is -0.114. The highest BCUT2D eigenvalue weighted by atomic mass is 32.2. The van der Waals surface area contributed by atoms with Gasteiger partial charge in [0.05, 0.1) is 46.4 Å². The highest BCUT2D eigenvalue weighted by molar-refractivity contribution is 7.90. The van der Waals surface area contributed by atoms with Crippen molar-refractivity contribution in [1.29, 1.82) is 0 Å². The Morgan fingerprint density at radius 2 is 1.94 bits per heavy atom. The molecule has 1 N–H and O–H groups in total. The van der Waals surface area contributed by atoms with Crippen LogP contribution in [-0.2, 0) is 14.6 Å². The Morgan fingerprint density at radius 1 is 1.19 bits per heavy atom. The molecule has 10 heteroatoms. The lowest BCUT2D eigenvalue weighted by atomic mass is 10.1. The summed E-state index contributed by atoms with van der Waals surface area (Å²) in [5, 5.41) is 2.51. The molecule has 0 aliphatic carbocycles. The van der Waals surface area contributed by atoms with Gasteiger partial charge in [0.15, 0.2) is 11.5 Å². The molecule has 0 radical (unpaired) electrons. The van der Waals surface area contributed by atoms with E-state index >= 15 is 0 Å². The second-order valence-electron chi connectivity index (χ2n) is 7.24. The molecule has 0 unspecified atom stereocenters. The van der Waals surface area contributed by atoms with Gasteiger partial charge in [-0.25, -0.2) is 8.42 Å². The van der Waals surface area contributed by atoms with Crippen LogP contribution < -0.4 is 14.8 Å². The predicted octanol–water partition coefficient (Wildman–Crippen LogP) is 2.43. The van der Waals surface area contributed by atoms with E-state index in [1.165, 1.54) is 43.3 Å². The van der Waals surface area contributed by atoms with Gasteiger partial charge in [-0.1, -0.05) is 12.1 Å². The average molecular weight is 465 g/mol. The third-order valence-corrected chi connectivity index (χ3v) is 5.71. The molecular formula is C22H24N2O7S. The van der Waals surface area contributed by atoms with Crippen molar-refractivity contribution in [1.82, 2.24) is 4.90 Å². The molecular weight excluding hydrogens is 437 g/mol. The van der Waals surface area contributed by atoms with Crippen LogP contribution in [0.2, 0.25) is 0 Å². The zero-order chi connectivity index (χ0) is 26.1. The lowest BCUT2D eigenvalue weighted by Gasteiger charge is -2.27. The number of anilines is 1. The fourth-order valence-electron chi connectivity index (χ4n) is 3.57. The molecule has 170 valence electrons. The molecule has 3 amide bonds. The van der Waals surface area contributed by atoms with Crippen LogP contribution >= 0.6 is 0 Å². The topological polar surface area (TPSA) is 119 Å². The number of hydrogen-bond donors (Lipinski definition) is 1. The number of fused-ring (bicyclic) bond motifs is 1. The van der Waals surface area contributed by atoms with Gasteiger partial charge in [-0.15, -0.1) is 0 Å². The fourth-order valence-corrected chi connectivity index (χ4v) is 4.49. The Morgan fingerprint density at radius 3 is 2.56 bits per heavy atom. The SMILES string of the molecule is [2H][13C]([2H])([2H])Oc1ccc([C@@H](CS(C)(=O)=O)N2C(=O)c3cccc(NC(C)=O)c3C2=O)cc1OCC. The van der Waals surface area contributed by atoms with Crippen LogP contribution in [0.1, 0.15) is 50.3 Å².